The SMILES string of the molecule is CCC(C)CN(CC)c1cc(Br)ccc1C(C)O. The molecule has 0 saturated carbocycles. The molecule has 0 fully saturated rings. The van der Waals surface area contributed by atoms with Crippen molar-refractivity contribution in [3.63, 3.8) is 0 Å². The molecule has 2 unspecified atom stereocenters. The average molecular weight is 314 g/mol. The van der Waals surface area contributed by atoms with E-state index in [2.05, 4.69) is 47.7 Å². The number of benzene rings is 1. The molecule has 1 aromatic carbocycles. The summed E-state index contributed by atoms with van der Waals surface area (Å²) < 4.78 is 1.06. The van der Waals surface area contributed by atoms with Crippen LogP contribution in [0, 0.1) is 5.92 Å². The summed E-state index contributed by atoms with van der Waals surface area (Å²) in [6.45, 7) is 10.5. The Morgan fingerprint density at radius 2 is 1.94 bits per heavy atom. The minimum Gasteiger partial charge on any atom is -0.389 e. The molecule has 0 aliphatic carbocycles. The predicted molar refractivity (Wildman–Crippen MR) is 82.1 cm³/mol. The summed E-state index contributed by atoms with van der Waals surface area (Å²) in [5, 5.41) is 9.89. The van der Waals surface area contributed by atoms with Crippen LogP contribution in [0.5, 0.6) is 0 Å². The minimum atomic E-state index is -0.431. The molecule has 0 aromatic heterocycles. The number of halogens is 1. The fraction of sp³-hybridized carbons (Fsp3) is 0.600. The molecule has 18 heavy (non-hydrogen) atoms. The van der Waals surface area contributed by atoms with Crippen LogP contribution in [0.4, 0.5) is 5.69 Å². The Kier molecular flexibility index (Phi) is 6.16. The average Bonchev–Trinajstić information content (AvgIpc) is 2.35. The Morgan fingerprint density at radius 1 is 1.28 bits per heavy atom. The smallest absolute Gasteiger partial charge is 0.0782 e. The van der Waals surface area contributed by atoms with Gasteiger partial charge >= 0.3 is 0 Å². The topological polar surface area (TPSA) is 23.5 Å². The molecule has 1 rings (SSSR count). The third-order valence-corrected chi connectivity index (χ3v) is 3.89. The molecule has 2 nitrogen and oxygen atoms in total. The lowest BCUT2D eigenvalue weighted by Gasteiger charge is -2.29. The molecule has 102 valence electrons. The van der Waals surface area contributed by atoms with E-state index in [9.17, 15) is 5.11 Å². The van der Waals surface area contributed by atoms with Crippen LogP contribution in [0.15, 0.2) is 22.7 Å². The molecule has 0 heterocycles. The highest BCUT2D eigenvalue weighted by atomic mass is 79.9. The van der Waals surface area contributed by atoms with E-state index < -0.39 is 6.10 Å². The van der Waals surface area contributed by atoms with E-state index in [0.29, 0.717) is 5.92 Å². The Balaban J connectivity index is 3.06. The third-order valence-electron chi connectivity index (χ3n) is 3.39. The molecular weight excluding hydrogens is 290 g/mol. The number of rotatable bonds is 6. The predicted octanol–water partition coefficient (Wildman–Crippen LogP) is 4.37. The fourth-order valence-corrected chi connectivity index (χ4v) is 2.40. The summed E-state index contributed by atoms with van der Waals surface area (Å²) in [7, 11) is 0. The normalized spacial score (nSPS) is 14.3. The van der Waals surface area contributed by atoms with Gasteiger partial charge in [-0.1, -0.05) is 42.3 Å². The van der Waals surface area contributed by atoms with Crippen molar-refractivity contribution in [1.82, 2.24) is 0 Å². The van der Waals surface area contributed by atoms with Gasteiger partial charge in [0.05, 0.1) is 6.10 Å². The van der Waals surface area contributed by atoms with Crippen molar-refractivity contribution in [3.8, 4) is 0 Å². The van der Waals surface area contributed by atoms with Crippen LogP contribution in [0.2, 0.25) is 0 Å². The minimum absolute atomic E-state index is 0.431. The Hall–Kier alpha value is -0.540. The molecule has 0 aliphatic rings. The third kappa shape index (κ3) is 3.99. The molecule has 0 amide bonds. The molecule has 0 bridgehead atoms. The van der Waals surface area contributed by atoms with Crippen LogP contribution in [-0.2, 0) is 0 Å². The van der Waals surface area contributed by atoms with Gasteiger partial charge in [0.2, 0.25) is 0 Å². The summed E-state index contributed by atoms with van der Waals surface area (Å²) in [6.07, 6.45) is 0.744. The van der Waals surface area contributed by atoms with E-state index in [-0.39, 0.29) is 0 Å². The quantitative estimate of drug-likeness (QED) is 0.842. The molecule has 1 N–H and O–H groups in total. The zero-order valence-electron chi connectivity index (χ0n) is 11.8. The van der Waals surface area contributed by atoms with E-state index >= 15 is 0 Å². The van der Waals surface area contributed by atoms with Crippen LogP contribution in [0.3, 0.4) is 0 Å². The summed E-state index contributed by atoms with van der Waals surface area (Å²) in [5.41, 5.74) is 2.14. The van der Waals surface area contributed by atoms with E-state index in [1.807, 2.05) is 19.1 Å². The second-order valence-electron chi connectivity index (χ2n) is 4.93. The molecule has 0 spiro atoms. The van der Waals surface area contributed by atoms with Gasteiger partial charge < -0.3 is 10.0 Å². The van der Waals surface area contributed by atoms with Gasteiger partial charge in [-0.15, -0.1) is 0 Å². The van der Waals surface area contributed by atoms with Gasteiger partial charge in [0.15, 0.2) is 0 Å². The number of anilines is 1. The fourth-order valence-electron chi connectivity index (χ4n) is 2.05. The zero-order valence-corrected chi connectivity index (χ0v) is 13.4. The van der Waals surface area contributed by atoms with Crippen LogP contribution in [0.1, 0.15) is 45.8 Å². The maximum absolute atomic E-state index is 9.89. The van der Waals surface area contributed by atoms with Crippen LogP contribution in [-0.4, -0.2) is 18.2 Å². The Morgan fingerprint density at radius 3 is 2.44 bits per heavy atom. The Labute approximate surface area is 119 Å². The first kappa shape index (κ1) is 15.5. The van der Waals surface area contributed by atoms with Gasteiger partial charge in [-0.25, -0.2) is 0 Å². The number of hydrogen-bond acceptors (Lipinski definition) is 2. The van der Waals surface area contributed by atoms with Crippen LogP contribution in [0.25, 0.3) is 0 Å². The summed E-state index contributed by atoms with van der Waals surface area (Å²) in [5.74, 6) is 0.658. The van der Waals surface area contributed by atoms with Gasteiger partial charge in [-0.05, 0) is 31.9 Å². The largest absolute Gasteiger partial charge is 0.389 e. The van der Waals surface area contributed by atoms with Gasteiger partial charge in [0.1, 0.15) is 0 Å². The van der Waals surface area contributed by atoms with Gasteiger partial charge in [0.25, 0.3) is 0 Å². The Bertz CT molecular complexity index is 379. The molecule has 2 atom stereocenters. The van der Waals surface area contributed by atoms with E-state index in [0.717, 1.165) is 28.8 Å². The van der Waals surface area contributed by atoms with Crippen LogP contribution >= 0.6 is 15.9 Å². The monoisotopic (exact) mass is 313 g/mol. The molecule has 0 saturated heterocycles. The van der Waals surface area contributed by atoms with Crippen molar-refractivity contribution in [2.75, 3.05) is 18.0 Å². The first-order valence-corrected chi connectivity index (χ1v) is 7.51. The zero-order chi connectivity index (χ0) is 13.7. The van der Waals surface area contributed by atoms with E-state index in [4.69, 9.17) is 0 Å². The van der Waals surface area contributed by atoms with E-state index in [1.165, 1.54) is 6.42 Å². The van der Waals surface area contributed by atoms with E-state index in [1.54, 1.807) is 0 Å². The van der Waals surface area contributed by atoms with Crippen molar-refractivity contribution in [3.05, 3.63) is 28.2 Å². The first-order valence-electron chi connectivity index (χ1n) is 6.72. The second kappa shape index (κ2) is 7.15. The highest BCUT2D eigenvalue weighted by Crippen LogP contribution is 2.30. The lowest BCUT2D eigenvalue weighted by atomic mass is 10.0. The van der Waals surface area contributed by atoms with Gasteiger partial charge in [-0.3, -0.25) is 0 Å². The number of nitrogens with zero attached hydrogens (tertiary/aromatic N) is 1. The van der Waals surface area contributed by atoms with Crippen molar-refractivity contribution < 1.29 is 5.11 Å². The van der Waals surface area contributed by atoms with Crippen molar-refractivity contribution in [1.29, 1.82) is 0 Å². The van der Waals surface area contributed by atoms with Crippen molar-refractivity contribution in [2.45, 2.75) is 40.2 Å². The highest BCUT2D eigenvalue weighted by Gasteiger charge is 2.15. The van der Waals surface area contributed by atoms with Gasteiger partial charge in [-0.2, -0.15) is 0 Å². The van der Waals surface area contributed by atoms with Crippen molar-refractivity contribution >= 4 is 21.6 Å². The van der Waals surface area contributed by atoms with Crippen molar-refractivity contribution in [2.24, 2.45) is 5.92 Å². The maximum atomic E-state index is 9.89. The lowest BCUT2D eigenvalue weighted by molar-refractivity contribution is 0.199. The van der Waals surface area contributed by atoms with Crippen LogP contribution < -0.4 is 4.90 Å². The summed E-state index contributed by atoms with van der Waals surface area (Å²) >= 11 is 3.52. The summed E-state index contributed by atoms with van der Waals surface area (Å²) in [6, 6.07) is 6.10. The van der Waals surface area contributed by atoms with Gasteiger partial charge in [0, 0.05) is 28.8 Å². The number of hydrogen-bond donors (Lipinski definition) is 1. The molecule has 1 aromatic rings. The second-order valence-corrected chi connectivity index (χ2v) is 5.85. The molecular formula is C15H24BrNO. The molecule has 3 heteroatoms. The lowest BCUT2D eigenvalue weighted by Crippen LogP contribution is -2.29. The first-order chi connectivity index (χ1) is 8.49. The number of aliphatic hydroxyl groups is 1. The maximum Gasteiger partial charge on any atom is 0.0782 e. The molecule has 0 aliphatic heterocycles. The summed E-state index contributed by atoms with van der Waals surface area (Å²) in [4.78, 5) is 2.35. The number of aliphatic hydroxyl groups excluding tert-OH is 1. The standard InChI is InChI=1S/C15H24BrNO/c1-5-11(3)10-17(6-2)15-9-13(16)7-8-14(15)12(4)18/h7-9,11-12,18H,5-6,10H2,1-4H3. The highest BCUT2D eigenvalue weighted by molar-refractivity contribution is 9.10. The molecule has 0 radical (unpaired) electrons.